The molecule has 0 saturated heterocycles. The molecule has 6 nitrogen and oxygen atoms in total. The van der Waals surface area contributed by atoms with Crippen LogP contribution in [0.4, 0.5) is 30.4 Å². The maximum absolute atomic E-state index is 12.6. The van der Waals surface area contributed by atoms with Crippen LogP contribution in [0.1, 0.15) is 21.6 Å². The Labute approximate surface area is 157 Å². The average Bonchev–Trinajstić information content (AvgIpc) is 2.69. The number of carbonyl (C=O) groups excluding carboxylic acids is 1. The summed E-state index contributed by atoms with van der Waals surface area (Å²) in [6.45, 7) is 0. The first-order valence-corrected chi connectivity index (χ1v) is 7.95. The van der Waals surface area contributed by atoms with Gasteiger partial charge in [-0.05, 0) is 60.7 Å². The molecule has 0 aliphatic rings. The van der Waals surface area contributed by atoms with Crippen LogP contribution in [0.5, 0.6) is 0 Å². The summed E-state index contributed by atoms with van der Waals surface area (Å²) in [6.07, 6.45) is -4.40. The summed E-state index contributed by atoms with van der Waals surface area (Å²) in [5.41, 5.74) is 0.674. The third-order valence-electron chi connectivity index (χ3n) is 3.65. The molecule has 0 radical (unpaired) electrons. The van der Waals surface area contributed by atoms with Crippen LogP contribution >= 0.6 is 0 Å². The van der Waals surface area contributed by atoms with Crippen molar-refractivity contribution >= 4 is 23.1 Å². The van der Waals surface area contributed by atoms with Crippen LogP contribution in [0.2, 0.25) is 0 Å². The van der Waals surface area contributed by atoms with Crippen molar-refractivity contribution in [1.29, 1.82) is 5.26 Å². The Hall–Kier alpha value is -3.93. The molecule has 1 heterocycles. The maximum Gasteiger partial charge on any atom is 0.416 e. The highest BCUT2D eigenvalue weighted by Gasteiger charge is 2.29. The first-order chi connectivity index (χ1) is 13.3. The second-order valence-electron chi connectivity index (χ2n) is 5.65. The van der Waals surface area contributed by atoms with Gasteiger partial charge in [0.1, 0.15) is 0 Å². The van der Waals surface area contributed by atoms with Crippen molar-refractivity contribution in [1.82, 2.24) is 10.2 Å². The van der Waals surface area contributed by atoms with E-state index >= 15 is 0 Å². The summed E-state index contributed by atoms with van der Waals surface area (Å²) in [4.78, 5) is 12.2. The Morgan fingerprint density at radius 2 is 1.54 bits per heavy atom. The van der Waals surface area contributed by atoms with E-state index in [-0.39, 0.29) is 11.5 Å². The minimum atomic E-state index is -4.40. The number of halogens is 3. The number of rotatable bonds is 4. The van der Waals surface area contributed by atoms with Gasteiger partial charge in [0.25, 0.3) is 5.91 Å². The molecule has 1 amide bonds. The number of amides is 1. The van der Waals surface area contributed by atoms with E-state index in [2.05, 4.69) is 20.8 Å². The normalized spacial score (nSPS) is 10.8. The summed E-state index contributed by atoms with van der Waals surface area (Å²) < 4.78 is 37.7. The zero-order valence-corrected chi connectivity index (χ0v) is 14.2. The quantitative estimate of drug-likeness (QED) is 0.698. The first-order valence-electron chi connectivity index (χ1n) is 7.95. The van der Waals surface area contributed by atoms with Crippen LogP contribution in [0.15, 0.2) is 60.7 Å². The molecule has 3 aromatic rings. The smallest absolute Gasteiger partial charge is 0.339 e. The fourth-order valence-electron chi connectivity index (χ4n) is 2.23. The zero-order chi connectivity index (χ0) is 20.1. The van der Waals surface area contributed by atoms with Crippen molar-refractivity contribution in [3.63, 3.8) is 0 Å². The number of carbonyl (C=O) groups is 1. The largest absolute Gasteiger partial charge is 0.416 e. The van der Waals surface area contributed by atoms with Gasteiger partial charge in [0, 0.05) is 11.4 Å². The highest BCUT2D eigenvalue weighted by atomic mass is 19.4. The van der Waals surface area contributed by atoms with E-state index in [1.807, 2.05) is 6.07 Å². The number of nitrogens with one attached hydrogen (secondary N) is 2. The molecule has 9 heteroatoms. The van der Waals surface area contributed by atoms with Gasteiger partial charge in [-0.15, -0.1) is 10.2 Å². The summed E-state index contributed by atoms with van der Waals surface area (Å²) in [5.74, 6) is -0.215. The second kappa shape index (κ2) is 7.75. The fraction of sp³-hybridized carbons (Fsp3) is 0.0526. The third-order valence-corrected chi connectivity index (χ3v) is 3.65. The molecule has 0 bridgehead atoms. The van der Waals surface area contributed by atoms with Gasteiger partial charge in [-0.25, -0.2) is 0 Å². The summed E-state index contributed by atoms with van der Waals surface area (Å²) in [6, 6.07) is 15.7. The highest BCUT2D eigenvalue weighted by Crippen LogP contribution is 2.30. The van der Waals surface area contributed by atoms with Gasteiger partial charge in [-0.2, -0.15) is 18.4 Å². The standard InChI is InChI=1S/C19H12F3N5O/c20-19(21,22)13-3-7-14(8-4-13)24-17-10-9-16(26-27-17)18(28)25-15-5-1-12(11-23)2-6-15/h1-10H,(H,24,27)(H,25,28). The summed E-state index contributed by atoms with van der Waals surface area (Å²) in [5, 5.41) is 21.8. The Morgan fingerprint density at radius 3 is 2.07 bits per heavy atom. The molecular weight excluding hydrogens is 371 g/mol. The first kappa shape index (κ1) is 18.8. The molecular formula is C19H12F3N5O. The van der Waals surface area contributed by atoms with Crippen LogP contribution in [0.25, 0.3) is 0 Å². The molecule has 0 atom stereocenters. The average molecular weight is 383 g/mol. The van der Waals surface area contributed by atoms with Gasteiger partial charge < -0.3 is 10.6 Å². The Bertz CT molecular complexity index is 1010. The molecule has 0 spiro atoms. The van der Waals surface area contributed by atoms with Crippen molar-refractivity contribution in [2.24, 2.45) is 0 Å². The number of anilines is 3. The molecule has 0 fully saturated rings. The monoisotopic (exact) mass is 383 g/mol. The lowest BCUT2D eigenvalue weighted by Crippen LogP contribution is -2.14. The topological polar surface area (TPSA) is 90.7 Å². The van der Waals surface area contributed by atoms with E-state index < -0.39 is 17.6 Å². The van der Waals surface area contributed by atoms with E-state index in [9.17, 15) is 18.0 Å². The lowest BCUT2D eigenvalue weighted by Gasteiger charge is -2.09. The summed E-state index contributed by atoms with van der Waals surface area (Å²) >= 11 is 0. The van der Waals surface area contributed by atoms with Gasteiger partial charge in [0.15, 0.2) is 11.5 Å². The van der Waals surface area contributed by atoms with Crippen LogP contribution in [0, 0.1) is 11.3 Å². The predicted molar refractivity (Wildman–Crippen MR) is 95.9 cm³/mol. The number of nitrogens with zero attached hydrogens (tertiary/aromatic N) is 3. The van der Waals surface area contributed by atoms with Gasteiger partial charge in [-0.3, -0.25) is 4.79 Å². The van der Waals surface area contributed by atoms with E-state index in [4.69, 9.17) is 5.26 Å². The molecule has 0 unspecified atom stereocenters. The number of aromatic nitrogens is 2. The number of benzene rings is 2. The fourth-order valence-corrected chi connectivity index (χ4v) is 2.23. The van der Waals surface area contributed by atoms with Crippen molar-refractivity contribution in [2.45, 2.75) is 6.18 Å². The summed E-state index contributed by atoms with van der Waals surface area (Å²) in [7, 11) is 0. The Morgan fingerprint density at radius 1 is 0.893 bits per heavy atom. The molecule has 0 saturated carbocycles. The van der Waals surface area contributed by atoms with Crippen LogP contribution in [-0.4, -0.2) is 16.1 Å². The van der Waals surface area contributed by atoms with Crippen LogP contribution < -0.4 is 10.6 Å². The van der Waals surface area contributed by atoms with E-state index in [1.54, 1.807) is 24.3 Å². The number of hydrogen-bond acceptors (Lipinski definition) is 5. The number of hydrogen-bond donors (Lipinski definition) is 2. The minimum Gasteiger partial charge on any atom is -0.339 e. The molecule has 1 aromatic heterocycles. The Kier molecular flexibility index (Phi) is 5.22. The lowest BCUT2D eigenvalue weighted by molar-refractivity contribution is -0.137. The molecule has 140 valence electrons. The van der Waals surface area contributed by atoms with E-state index in [0.29, 0.717) is 16.9 Å². The molecule has 28 heavy (non-hydrogen) atoms. The molecule has 2 N–H and O–H groups in total. The van der Waals surface area contributed by atoms with Gasteiger partial charge >= 0.3 is 6.18 Å². The predicted octanol–water partition coefficient (Wildman–Crippen LogP) is 4.36. The maximum atomic E-state index is 12.6. The Balaban J connectivity index is 1.64. The number of alkyl halides is 3. The number of nitriles is 1. The van der Waals surface area contributed by atoms with Crippen molar-refractivity contribution in [3.8, 4) is 6.07 Å². The molecule has 0 aliphatic carbocycles. The van der Waals surface area contributed by atoms with Crippen molar-refractivity contribution in [3.05, 3.63) is 77.5 Å². The third kappa shape index (κ3) is 4.62. The van der Waals surface area contributed by atoms with Gasteiger partial charge in [0.2, 0.25) is 0 Å². The van der Waals surface area contributed by atoms with E-state index in [0.717, 1.165) is 12.1 Å². The van der Waals surface area contributed by atoms with E-state index in [1.165, 1.54) is 24.3 Å². The molecule has 2 aromatic carbocycles. The molecule has 0 aliphatic heterocycles. The van der Waals surface area contributed by atoms with Crippen molar-refractivity contribution in [2.75, 3.05) is 10.6 Å². The van der Waals surface area contributed by atoms with Gasteiger partial charge in [0.05, 0.1) is 17.2 Å². The van der Waals surface area contributed by atoms with Gasteiger partial charge in [-0.1, -0.05) is 0 Å². The highest BCUT2D eigenvalue weighted by molar-refractivity contribution is 6.02. The second-order valence-corrected chi connectivity index (χ2v) is 5.65. The van der Waals surface area contributed by atoms with Crippen LogP contribution in [-0.2, 0) is 6.18 Å². The van der Waals surface area contributed by atoms with Crippen LogP contribution in [0.3, 0.4) is 0 Å². The zero-order valence-electron chi connectivity index (χ0n) is 14.2. The SMILES string of the molecule is N#Cc1ccc(NC(=O)c2ccc(Nc3ccc(C(F)(F)F)cc3)nn2)cc1. The lowest BCUT2D eigenvalue weighted by atomic mass is 10.2. The molecule has 3 rings (SSSR count). The minimum absolute atomic E-state index is 0.0577. The van der Waals surface area contributed by atoms with Crippen molar-refractivity contribution < 1.29 is 18.0 Å².